The Bertz CT molecular complexity index is 406. The van der Waals surface area contributed by atoms with Gasteiger partial charge in [-0.1, -0.05) is 6.07 Å². The number of likely N-dealkylation sites (N-methyl/N-ethyl adjacent to an activating group) is 1. The van der Waals surface area contributed by atoms with Crippen molar-refractivity contribution >= 4 is 22.7 Å². The molecule has 1 N–H and O–H groups in total. The quantitative estimate of drug-likeness (QED) is 0.885. The zero-order chi connectivity index (χ0) is 10.7. The van der Waals surface area contributed by atoms with Gasteiger partial charge in [-0.25, -0.2) is 4.98 Å². The standard InChI is InChI=1S/C11H14N2S2/c1-8(12-2)6-9-7-13-11(15-9)10-4-3-5-14-10/h3-5,7-8,12H,6H2,1-2H3. The first-order valence-electron chi connectivity index (χ1n) is 4.95. The van der Waals surface area contributed by atoms with Crippen LogP contribution in [-0.2, 0) is 6.42 Å². The SMILES string of the molecule is CNC(C)Cc1cnc(-c2cccs2)s1. The molecule has 2 aromatic heterocycles. The fourth-order valence-corrected chi connectivity index (χ4v) is 3.16. The molecule has 4 heteroatoms. The summed E-state index contributed by atoms with van der Waals surface area (Å²) in [5.41, 5.74) is 0. The van der Waals surface area contributed by atoms with Crippen molar-refractivity contribution in [2.45, 2.75) is 19.4 Å². The summed E-state index contributed by atoms with van der Waals surface area (Å²) in [4.78, 5) is 7.06. The minimum Gasteiger partial charge on any atom is -0.317 e. The second kappa shape index (κ2) is 4.88. The lowest BCUT2D eigenvalue weighted by atomic mass is 10.2. The van der Waals surface area contributed by atoms with Gasteiger partial charge in [0.2, 0.25) is 0 Å². The Morgan fingerprint density at radius 1 is 1.53 bits per heavy atom. The fourth-order valence-electron chi connectivity index (χ4n) is 1.32. The second-order valence-corrected chi connectivity index (χ2v) is 5.57. The molecule has 0 aromatic carbocycles. The Kier molecular flexibility index (Phi) is 3.51. The van der Waals surface area contributed by atoms with Crippen LogP contribution in [0.1, 0.15) is 11.8 Å². The number of hydrogen-bond acceptors (Lipinski definition) is 4. The van der Waals surface area contributed by atoms with Gasteiger partial charge in [0.15, 0.2) is 0 Å². The first kappa shape index (κ1) is 10.8. The van der Waals surface area contributed by atoms with E-state index in [0.29, 0.717) is 6.04 Å². The van der Waals surface area contributed by atoms with E-state index in [-0.39, 0.29) is 0 Å². The maximum atomic E-state index is 4.45. The molecule has 0 saturated carbocycles. The zero-order valence-corrected chi connectivity index (χ0v) is 10.5. The van der Waals surface area contributed by atoms with E-state index in [4.69, 9.17) is 0 Å². The Morgan fingerprint density at radius 3 is 3.07 bits per heavy atom. The van der Waals surface area contributed by atoms with Gasteiger partial charge in [0.05, 0.1) is 4.88 Å². The van der Waals surface area contributed by atoms with Gasteiger partial charge < -0.3 is 5.32 Å². The molecule has 0 fully saturated rings. The Morgan fingerprint density at radius 2 is 2.40 bits per heavy atom. The van der Waals surface area contributed by atoms with Crippen LogP contribution in [0.3, 0.4) is 0 Å². The van der Waals surface area contributed by atoms with Crippen LogP contribution in [0.4, 0.5) is 0 Å². The first-order valence-corrected chi connectivity index (χ1v) is 6.65. The summed E-state index contributed by atoms with van der Waals surface area (Å²) in [5, 5.41) is 6.47. The zero-order valence-electron chi connectivity index (χ0n) is 8.86. The first-order chi connectivity index (χ1) is 7.29. The van der Waals surface area contributed by atoms with E-state index in [0.717, 1.165) is 11.4 Å². The fraction of sp³-hybridized carbons (Fsp3) is 0.364. The van der Waals surface area contributed by atoms with E-state index in [9.17, 15) is 0 Å². The summed E-state index contributed by atoms with van der Waals surface area (Å²) in [7, 11) is 1.99. The van der Waals surface area contributed by atoms with Crippen LogP contribution >= 0.6 is 22.7 Å². The smallest absolute Gasteiger partial charge is 0.133 e. The average molecular weight is 238 g/mol. The van der Waals surface area contributed by atoms with Crippen LogP contribution in [0.25, 0.3) is 9.88 Å². The lowest BCUT2D eigenvalue weighted by Gasteiger charge is -2.06. The topological polar surface area (TPSA) is 24.9 Å². The summed E-state index contributed by atoms with van der Waals surface area (Å²) in [5.74, 6) is 0. The van der Waals surface area contributed by atoms with Crippen molar-refractivity contribution in [2.75, 3.05) is 7.05 Å². The molecule has 0 aliphatic heterocycles. The van der Waals surface area contributed by atoms with Crippen LogP contribution in [-0.4, -0.2) is 18.1 Å². The summed E-state index contributed by atoms with van der Waals surface area (Å²) < 4.78 is 0. The highest BCUT2D eigenvalue weighted by Gasteiger charge is 2.07. The minimum atomic E-state index is 0.515. The molecule has 0 saturated heterocycles. The Balaban J connectivity index is 2.11. The predicted molar refractivity (Wildman–Crippen MR) is 67.7 cm³/mol. The lowest BCUT2D eigenvalue weighted by Crippen LogP contribution is -2.22. The number of nitrogens with one attached hydrogen (secondary N) is 1. The molecule has 0 aliphatic rings. The number of rotatable bonds is 4. The summed E-state index contributed by atoms with van der Waals surface area (Å²) >= 11 is 3.54. The van der Waals surface area contributed by atoms with Gasteiger partial charge in [-0.15, -0.1) is 22.7 Å². The normalized spacial score (nSPS) is 12.9. The molecular formula is C11H14N2S2. The van der Waals surface area contributed by atoms with Gasteiger partial charge in [0, 0.05) is 17.1 Å². The molecule has 80 valence electrons. The van der Waals surface area contributed by atoms with Crippen molar-refractivity contribution < 1.29 is 0 Å². The third-order valence-electron chi connectivity index (χ3n) is 2.29. The van der Waals surface area contributed by atoms with Crippen LogP contribution < -0.4 is 5.32 Å². The molecule has 2 heterocycles. The number of thiazole rings is 1. The number of hydrogen-bond donors (Lipinski definition) is 1. The van der Waals surface area contributed by atoms with E-state index >= 15 is 0 Å². The van der Waals surface area contributed by atoms with Crippen LogP contribution in [0.2, 0.25) is 0 Å². The third-order valence-corrected chi connectivity index (χ3v) is 4.34. The highest BCUT2D eigenvalue weighted by Crippen LogP contribution is 2.29. The molecule has 0 amide bonds. The van der Waals surface area contributed by atoms with Crippen molar-refractivity contribution in [3.8, 4) is 9.88 Å². The number of nitrogens with zero attached hydrogens (tertiary/aromatic N) is 1. The molecule has 2 rings (SSSR count). The molecule has 2 aromatic rings. The molecule has 2 nitrogen and oxygen atoms in total. The van der Waals surface area contributed by atoms with Gasteiger partial charge in [0.1, 0.15) is 5.01 Å². The molecule has 1 unspecified atom stereocenters. The highest BCUT2D eigenvalue weighted by molar-refractivity contribution is 7.20. The largest absolute Gasteiger partial charge is 0.317 e. The van der Waals surface area contributed by atoms with Crippen molar-refractivity contribution in [1.82, 2.24) is 10.3 Å². The van der Waals surface area contributed by atoms with Crippen LogP contribution in [0.5, 0.6) is 0 Å². The van der Waals surface area contributed by atoms with Crippen molar-refractivity contribution in [3.05, 3.63) is 28.6 Å². The molecule has 1 atom stereocenters. The molecule has 0 aliphatic carbocycles. The molecule has 0 radical (unpaired) electrons. The lowest BCUT2D eigenvalue weighted by molar-refractivity contribution is 0.612. The van der Waals surface area contributed by atoms with Gasteiger partial charge >= 0.3 is 0 Å². The molecular weight excluding hydrogens is 224 g/mol. The van der Waals surface area contributed by atoms with Gasteiger partial charge in [-0.3, -0.25) is 0 Å². The summed E-state index contributed by atoms with van der Waals surface area (Å²) in [6.07, 6.45) is 3.05. The van der Waals surface area contributed by atoms with E-state index in [1.165, 1.54) is 9.75 Å². The molecule has 0 bridgehead atoms. The average Bonchev–Trinajstić information content (AvgIpc) is 2.85. The van der Waals surface area contributed by atoms with E-state index in [1.54, 1.807) is 22.7 Å². The summed E-state index contributed by atoms with van der Waals surface area (Å²) in [6, 6.07) is 4.70. The van der Waals surface area contributed by atoms with Crippen LogP contribution in [0, 0.1) is 0 Å². The molecule has 0 spiro atoms. The third kappa shape index (κ3) is 2.65. The Labute approximate surface area is 98.0 Å². The van der Waals surface area contributed by atoms with Crippen molar-refractivity contribution in [2.24, 2.45) is 0 Å². The molecule has 15 heavy (non-hydrogen) atoms. The Hall–Kier alpha value is -0.710. The number of thiophene rings is 1. The van der Waals surface area contributed by atoms with E-state index < -0.39 is 0 Å². The van der Waals surface area contributed by atoms with E-state index in [2.05, 4.69) is 34.7 Å². The predicted octanol–water partition coefficient (Wildman–Crippen LogP) is 3.02. The van der Waals surface area contributed by atoms with Crippen molar-refractivity contribution in [1.29, 1.82) is 0 Å². The van der Waals surface area contributed by atoms with Gasteiger partial charge in [0.25, 0.3) is 0 Å². The monoisotopic (exact) mass is 238 g/mol. The maximum absolute atomic E-state index is 4.45. The van der Waals surface area contributed by atoms with Crippen molar-refractivity contribution in [3.63, 3.8) is 0 Å². The second-order valence-electron chi connectivity index (χ2n) is 3.50. The number of aromatic nitrogens is 1. The minimum absolute atomic E-state index is 0.515. The van der Waals surface area contributed by atoms with Gasteiger partial charge in [-0.05, 0) is 31.8 Å². The van der Waals surface area contributed by atoms with Crippen LogP contribution in [0.15, 0.2) is 23.7 Å². The highest BCUT2D eigenvalue weighted by atomic mass is 32.1. The van der Waals surface area contributed by atoms with E-state index in [1.807, 2.05) is 13.2 Å². The summed E-state index contributed by atoms with van der Waals surface area (Å²) in [6.45, 7) is 2.19. The van der Waals surface area contributed by atoms with Gasteiger partial charge in [-0.2, -0.15) is 0 Å². The maximum Gasteiger partial charge on any atom is 0.133 e.